The van der Waals surface area contributed by atoms with E-state index in [1.54, 1.807) is 6.20 Å². The highest BCUT2D eigenvalue weighted by atomic mass is 35.5. The molecule has 0 radical (unpaired) electrons. The first-order chi connectivity index (χ1) is 10.2. The lowest BCUT2D eigenvalue weighted by Crippen LogP contribution is -2.55. The molecule has 23 heavy (non-hydrogen) atoms. The summed E-state index contributed by atoms with van der Waals surface area (Å²) in [4.78, 5) is 15.1. The van der Waals surface area contributed by atoms with Gasteiger partial charge in [-0.15, -0.1) is 24.8 Å². The van der Waals surface area contributed by atoms with Crippen molar-refractivity contribution in [1.29, 1.82) is 0 Å². The van der Waals surface area contributed by atoms with Gasteiger partial charge in [-0.3, -0.25) is 9.48 Å². The first kappa shape index (κ1) is 20.2. The van der Waals surface area contributed by atoms with Gasteiger partial charge in [0.05, 0.1) is 0 Å². The standard InChI is InChI=1S/C15H25N5O.2ClH/c1-19(13-3-4-13)12-10-17-14(21)15(5-8-16-9-6-15)20-11-2-7-18-20;;/h2,7,11,13,16H,3-6,8-10,12H2,1H3,(H,17,21);2*1H. The summed E-state index contributed by atoms with van der Waals surface area (Å²) >= 11 is 0. The lowest BCUT2D eigenvalue weighted by molar-refractivity contribution is -0.132. The van der Waals surface area contributed by atoms with E-state index in [1.807, 2.05) is 16.9 Å². The zero-order valence-corrected chi connectivity index (χ0v) is 15.2. The summed E-state index contributed by atoms with van der Waals surface area (Å²) in [6.07, 6.45) is 7.83. The normalized spacial score (nSPS) is 19.6. The molecule has 8 heteroatoms. The van der Waals surface area contributed by atoms with Gasteiger partial charge in [0, 0.05) is 31.5 Å². The van der Waals surface area contributed by atoms with Crippen LogP contribution in [0.4, 0.5) is 0 Å². The highest BCUT2D eigenvalue weighted by molar-refractivity contribution is 5.85. The fraction of sp³-hybridized carbons (Fsp3) is 0.733. The molecule has 2 fully saturated rings. The minimum atomic E-state index is -0.521. The van der Waals surface area contributed by atoms with Gasteiger partial charge in [0.25, 0.3) is 0 Å². The van der Waals surface area contributed by atoms with Crippen LogP contribution >= 0.6 is 24.8 Å². The highest BCUT2D eigenvalue weighted by Crippen LogP contribution is 2.27. The third kappa shape index (κ3) is 4.59. The Hall–Kier alpha value is -0.820. The van der Waals surface area contributed by atoms with Crippen molar-refractivity contribution in [3.05, 3.63) is 18.5 Å². The van der Waals surface area contributed by atoms with Crippen LogP contribution in [-0.2, 0) is 10.3 Å². The summed E-state index contributed by atoms with van der Waals surface area (Å²) < 4.78 is 1.84. The van der Waals surface area contributed by atoms with Crippen molar-refractivity contribution in [2.24, 2.45) is 0 Å². The van der Waals surface area contributed by atoms with E-state index in [0.29, 0.717) is 6.54 Å². The third-order valence-corrected chi connectivity index (χ3v) is 4.72. The first-order valence-corrected chi connectivity index (χ1v) is 7.92. The molecule has 2 heterocycles. The van der Waals surface area contributed by atoms with Gasteiger partial charge < -0.3 is 15.5 Å². The smallest absolute Gasteiger partial charge is 0.248 e. The summed E-state index contributed by atoms with van der Waals surface area (Å²) in [6.45, 7) is 3.34. The van der Waals surface area contributed by atoms with E-state index in [-0.39, 0.29) is 30.7 Å². The number of piperidine rings is 1. The number of carbonyl (C=O) groups is 1. The maximum absolute atomic E-state index is 12.8. The van der Waals surface area contributed by atoms with Gasteiger partial charge in [-0.2, -0.15) is 5.10 Å². The molecule has 1 saturated heterocycles. The number of carbonyl (C=O) groups excluding carboxylic acids is 1. The zero-order valence-electron chi connectivity index (χ0n) is 13.5. The van der Waals surface area contributed by atoms with Crippen molar-refractivity contribution in [3.63, 3.8) is 0 Å². The van der Waals surface area contributed by atoms with Gasteiger partial charge >= 0.3 is 0 Å². The topological polar surface area (TPSA) is 62.2 Å². The summed E-state index contributed by atoms with van der Waals surface area (Å²) in [7, 11) is 2.14. The van der Waals surface area contributed by atoms with E-state index in [1.165, 1.54) is 12.8 Å². The van der Waals surface area contributed by atoms with Crippen molar-refractivity contribution in [2.45, 2.75) is 37.3 Å². The van der Waals surface area contributed by atoms with E-state index in [0.717, 1.165) is 38.5 Å². The quantitative estimate of drug-likeness (QED) is 0.791. The lowest BCUT2D eigenvalue weighted by atomic mass is 9.87. The van der Waals surface area contributed by atoms with Gasteiger partial charge in [0.1, 0.15) is 5.54 Å². The Bertz CT molecular complexity index is 472. The Morgan fingerprint density at radius 2 is 2.09 bits per heavy atom. The van der Waals surface area contributed by atoms with Gasteiger partial charge in [0.15, 0.2) is 0 Å². The largest absolute Gasteiger partial charge is 0.353 e. The molecule has 0 aromatic carbocycles. The fourth-order valence-corrected chi connectivity index (χ4v) is 3.13. The van der Waals surface area contributed by atoms with E-state index in [9.17, 15) is 4.79 Å². The maximum Gasteiger partial charge on any atom is 0.248 e. The predicted octanol–water partition coefficient (Wildman–Crippen LogP) is 1.02. The van der Waals surface area contributed by atoms with Crippen LogP contribution in [0.25, 0.3) is 0 Å². The molecular weight excluding hydrogens is 337 g/mol. The van der Waals surface area contributed by atoms with Crippen molar-refractivity contribution < 1.29 is 4.79 Å². The number of hydrogen-bond acceptors (Lipinski definition) is 4. The van der Waals surface area contributed by atoms with Crippen molar-refractivity contribution >= 4 is 30.7 Å². The number of aromatic nitrogens is 2. The molecule has 1 saturated carbocycles. The SMILES string of the molecule is CN(CCNC(=O)C1(n2cccn2)CCNCC1)C1CC1.Cl.Cl. The van der Waals surface area contributed by atoms with E-state index in [2.05, 4.69) is 27.7 Å². The van der Waals surface area contributed by atoms with Gasteiger partial charge in [-0.1, -0.05) is 0 Å². The molecule has 132 valence electrons. The molecule has 1 aromatic rings. The van der Waals surface area contributed by atoms with Crippen molar-refractivity contribution in [1.82, 2.24) is 25.3 Å². The van der Waals surface area contributed by atoms with Crippen LogP contribution in [-0.4, -0.2) is 59.9 Å². The molecule has 6 nitrogen and oxygen atoms in total. The molecule has 1 amide bonds. The summed E-state index contributed by atoms with van der Waals surface area (Å²) in [5, 5.41) is 10.8. The second-order valence-corrected chi connectivity index (χ2v) is 6.20. The monoisotopic (exact) mass is 363 g/mol. The first-order valence-electron chi connectivity index (χ1n) is 7.92. The zero-order chi connectivity index (χ0) is 14.7. The van der Waals surface area contributed by atoms with Crippen LogP contribution in [0.5, 0.6) is 0 Å². The second-order valence-electron chi connectivity index (χ2n) is 6.20. The average Bonchev–Trinajstić information content (AvgIpc) is 3.22. The van der Waals surface area contributed by atoms with Gasteiger partial charge in [-0.25, -0.2) is 0 Å². The van der Waals surface area contributed by atoms with Crippen LogP contribution < -0.4 is 10.6 Å². The molecule has 2 aliphatic rings. The van der Waals surface area contributed by atoms with E-state index >= 15 is 0 Å². The Morgan fingerprint density at radius 3 is 2.65 bits per heavy atom. The van der Waals surface area contributed by atoms with E-state index < -0.39 is 5.54 Å². The van der Waals surface area contributed by atoms with Crippen molar-refractivity contribution in [3.8, 4) is 0 Å². The van der Waals surface area contributed by atoms with Gasteiger partial charge in [0.2, 0.25) is 5.91 Å². The average molecular weight is 364 g/mol. The van der Waals surface area contributed by atoms with Crippen LogP contribution in [0.15, 0.2) is 18.5 Å². The Kier molecular flexibility index (Phi) is 7.80. The van der Waals surface area contributed by atoms with E-state index in [4.69, 9.17) is 0 Å². The minimum Gasteiger partial charge on any atom is -0.353 e. The van der Waals surface area contributed by atoms with Crippen LogP contribution in [0, 0.1) is 0 Å². The Morgan fingerprint density at radius 1 is 1.39 bits per heavy atom. The number of hydrogen-bond donors (Lipinski definition) is 2. The molecule has 1 aliphatic heterocycles. The highest BCUT2D eigenvalue weighted by Gasteiger charge is 2.41. The molecule has 0 spiro atoms. The summed E-state index contributed by atoms with van der Waals surface area (Å²) in [5.74, 6) is 0.108. The van der Waals surface area contributed by atoms with Crippen LogP contribution in [0.1, 0.15) is 25.7 Å². The fourth-order valence-electron chi connectivity index (χ4n) is 3.13. The Labute approximate surface area is 150 Å². The van der Waals surface area contributed by atoms with Gasteiger partial charge in [-0.05, 0) is 51.9 Å². The molecule has 2 N–H and O–H groups in total. The minimum absolute atomic E-state index is 0. The Balaban J connectivity index is 0.00000132. The maximum atomic E-state index is 12.8. The number of rotatable bonds is 6. The number of halogens is 2. The van der Waals surface area contributed by atoms with Crippen molar-refractivity contribution in [2.75, 3.05) is 33.2 Å². The number of nitrogens with one attached hydrogen (secondary N) is 2. The molecule has 3 rings (SSSR count). The molecular formula is C15H27Cl2N5O. The van der Waals surface area contributed by atoms with Crippen LogP contribution in [0.2, 0.25) is 0 Å². The number of likely N-dealkylation sites (N-methyl/N-ethyl adjacent to an activating group) is 1. The van der Waals surface area contributed by atoms with Crippen LogP contribution in [0.3, 0.4) is 0 Å². The second kappa shape index (κ2) is 8.87. The predicted molar refractivity (Wildman–Crippen MR) is 95.5 cm³/mol. The number of amides is 1. The molecule has 0 unspecified atom stereocenters. The summed E-state index contributed by atoms with van der Waals surface area (Å²) in [6, 6.07) is 2.62. The molecule has 0 bridgehead atoms. The lowest BCUT2D eigenvalue weighted by Gasteiger charge is -2.36. The molecule has 1 aromatic heterocycles. The third-order valence-electron chi connectivity index (χ3n) is 4.72. The number of nitrogens with zero attached hydrogens (tertiary/aromatic N) is 3. The molecule has 0 atom stereocenters. The molecule has 1 aliphatic carbocycles. The summed E-state index contributed by atoms with van der Waals surface area (Å²) in [5.41, 5.74) is -0.521.